The van der Waals surface area contributed by atoms with E-state index in [0.717, 1.165) is 35.1 Å². The van der Waals surface area contributed by atoms with Crippen LogP contribution in [-0.2, 0) is 13.2 Å². The van der Waals surface area contributed by atoms with Crippen LogP contribution < -0.4 is 10.1 Å². The van der Waals surface area contributed by atoms with Crippen LogP contribution >= 0.6 is 11.3 Å². The monoisotopic (exact) mass is 454 g/mol. The van der Waals surface area contributed by atoms with Gasteiger partial charge in [0.05, 0.1) is 0 Å². The number of halogens is 3. The molecule has 0 atom stereocenters. The van der Waals surface area contributed by atoms with E-state index < -0.39 is 17.5 Å². The Hall–Kier alpha value is -3.65. The summed E-state index contributed by atoms with van der Waals surface area (Å²) < 4.78 is 46.7. The Balaban J connectivity index is 1.41. The molecule has 0 spiro atoms. The Morgan fingerprint density at radius 3 is 2.53 bits per heavy atom. The molecule has 4 rings (SSSR count). The Kier molecular flexibility index (Phi) is 6.51. The molecular formula is C24H17F3N2O2S. The Morgan fingerprint density at radius 2 is 1.78 bits per heavy atom. The lowest BCUT2D eigenvalue weighted by molar-refractivity contribution is 0.0946. The molecule has 0 aliphatic heterocycles. The first-order chi connectivity index (χ1) is 15.5. The van der Waals surface area contributed by atoms with Crippen molar-refractivity contribution in [2.45, 2.75) is 13.2 Å². The van der Waals surface area contributed by atoms with E-state index in [9.17, 15) is 18.0 Å². The van der Waals surface area contributed by atoms with Gasteiger partial charge in [-0.05, 0) is 29.8 Å². The highest BCUT2D eigenvalue weighted by Gasteiger charge is 2.15. The molecule has 1 N–H and O–H groups in total. The molecular weight excluding hydrogens is 437 g/mol. The number of nitrogens with one attached hydrogen (secondary N) is 1. The molecule has 4 aromatic rings. The van der Waals surface area contributed by atoms with Gasteiger partial charge in [-0.1, -0.05) is 30.3 Å². The van der Waals surface area contributed by atoms with Crippen LogP contribution in [0.5, 0.6) is 5.75 Å². The number of nitrogens with zero attached hydrogens (tertiary/aromatic N) is 1. The number of benzene rings is 3. The maximum atomic E-state index is 14.6. The standard InChI is InChI=1S/C24H17F3N2O2S/c25-17-7-6-16(20(26)10-17)13-31-18-8-9-19(21(27)11-18)24-29-22(14-32-24)23(30)28-12-15-4-2-1-3-5-15/h1-11,14H,12-13H2,(H,28,30). The fourth-order valence-corrected chi connectivity index (χ4v) is 3.76. The van der Waals surface area contributed by atoms with Gasteiger partial charge in [0, 0.05) is 35.2 Å². The summed E-state index contributed by atoms with van der Waals surface area (Å²) in [6.45, 7) is 0.190. The van der Waals surface area contributed by atoms with Gasteiger partial charge in [-0.15, -0.1) is 11.3 Å². The predicted molar refractivity (Wildman–Crippen MR) is 116 cm³/mol. The fraction of sp³-hybridized carbons (Fsp3) is 0.0833. The lowest BCUT2D eigenvalue weighted by Gasteiger charge is -2.08. The normalized spacial score (nSPS) is 10.7. The van der Waals surface area contributed by atoms with Crippen LogP contribution in [0.25, 0.3) is 10.6 Å². The van der Waals surface area contributed by atoms with Crippen LogP contribution in [0.4, 0.5) is 13.2 Å². The van der Waals surface area contributed by atoms with Crippen molar-refractivity contribution in [3.05, 3.63) is 106 Å². The molecule has 162 valence electrons. The number of ether oxygens (including phenoxy) is 1. The summed E-state index contributed by atoms with van der Waals surface area (Å²) in [5.74, 6) is -2.17. The van der Waals surface area contributed by atoms with Crippen molar-refractivity contribution >= 4 is 17.2 Å². The molecule has 32 heavy (non-hydrogen) atoms. The smallest absolute Gasteiger partial charge is 0.271 e. The number of carbonyl (C=O) groups excluding carboxylic acids is 1. The van der Waals surface area contributed by atoms with Crippen molar-refractivity contribution in [2.75, 3.05) is 0 Å². The molecule has 0 aliphatic rings. The van der Waals surface area contributed by atoms with E-state index in [0.29, 0.717) is 11.6 Å². The second kappa shape index (κ2) is 9.65. The van der Waals surface area contributed by atoms with Gasteiger partial charge in [-0.3, -0.25) is 4.79 Å². The van der Waals surface area contributed by atoms with Crippen molar-refractivity contribution in [3.63, 3.8) is 0 Å². The number of hydrogen-bond acceptors (Lipinski definition) is 4. The molecule has 0 saturated heterocycles. The molecule has 3 aromatic carbocycles. The minimum atomic E-state index is -0.733. The topological polar surface area (TPSA) is 51.2 Å². The number of carbonyl (C=O) groups is 1. The number of amides is 1. The van der Waals surface area contributed by atoms with Crippen molar-refractivity contribution in [1.29, 1.82) is 0 Å². The minimum absolute atomic E-state index is 0.155. The Bertz CT molecular complexity index is 1250. The molecule has 0 bridgehead atoms. The second-order valence-corrected chi connectivity index (χ2v) is 7.73. The molecule has 4 nitrogen and oxygen atoms in total. The summed E-state index contributed by atoms with van der Waals surface area (Å²) in [6.07, 6.45) is 0. The summed E-state index contributed by atoms with van der Waals surface area (Å²) >= 11 is 1.15. The van der Waals surface area contributed by atoms with Crippen molar-refractivity contribution in [3.8, 4) is 16.3 Å². The van der Waals surface area contributed by atoms with Gasteiger partial charge < -0.3 is 10.1 Å². The number of aromatic nitrogens is 1. The SMILES string of the molecule is O=C(NCc1ccccc1)c1csc(-c2ccc(OCc3ccc(F)cc3F)cc2F)n1. The van der Waals surface area contributed by atoms with Crippen LogP contribution in [0.2, 0.25) is 0 Å². The van der Waals surface area contributed by atoms with Crippen LogP contribution in [0.15, 0.2) is 72.1 Å². The predicted octanol–water partition coefficient (Wildman–Crippen LogP) is 5.74. The third kappa shape index (κ3) is 5.15. The highest BCUT2D eigenvalue weighted by Crippen LogP contribution is 2.29. The number of rotatable bonds is 7. The summed E-state index contributed by atoms with van der Waals surface area (Å²) in [5.41, 5.74) is 1.53. The van der Waals surface area contributed by atoms with Crippen LogP contribution in [0, 0.1) is 17.5 Å². The maximum absolute atomic E-state index is 14.6. The van der Waals surface area contributed by atoms with E-state index in [-0.39, 0.29) is 35.1 Å². The second-order valence-electron chi connectivity index (χ2n) is 6.87. The van der Waals surface area contributed by atoms with E-state index in [4.69, 9.17) is 4.74 Å². The lowest BCUT2D eigenvalue weighted by Crippen LogP contribution is -2.23. The van der Waals surface area contributed by atoms with Gasteiger partial charge in [-0.25, -0.2) is 18.2 Å². The Morgan fingerprint density at radius 1 is 0.969 bits per heavy atom. The molecule has 0 saturated carbocycles. The summed E-state index contributed by atoms with van der Waals surface area (Å²) in [4.78, 5) is 16.6. The van der Waals surface area contributed by atoms with Crippen molar-refractivity contribution in [2.24, 2.45) is 0 Å². The van der Waals surface area contributed by atoms with Gasteiger partial charge in [0.25, 0.3) is 5.91 Å². The Labute approximate surface area is 186 Å². The average Bonchev–Trinajstić information content (AvgIpc) is 3.28. The maximum Gasteiger partial charge on any atom is 0.271 e. The van der Waals surface area contributed by atoms with Crippen molar-refractivity contribution in [1.82, 2.24) is 10.3 Å². The van der Waals surface area contributed by atoms with Gasteiger partial charge in [-0.2, -0.15) is 0 Å². The zero-order valence-electron chi connectivity index (χ0n) is 16.6. The molecule has 1 amide bonds. The summed E-state index contributed by atoms with van der Waals surface area (Å²) in [5, 5.41) is 4.70. The van der Waals surface area contributed by atoms with Gasteiger partial charge >= 0.3 is 0 Å². The van der Waals surface area contributed by atoms with Crippen LogP contribution in [-0.4, -0.2) is 10.9 Å². The first kappa shape index (κ1) is 21.6. The minimum Gasteiger partial charge on any atom is -0.489 e. The molecule has 0 aliphatic carbocycles. The van der Waals surface area contributed by atoms with Crippen LogP contribution in [0.3, 0.4) is 0 Å². The third-order valence-electron chi connectivity index (χ3n) is 4.61. The van der Waals surface area contributed by atoms with Gasteiger partial charge in [0.15, 0.2) is 0 Å². The molecule has 1 heterocycles. The van der Waals surface area contributed by atoms with Gasteiger partial charge in [0.1, 0.15) is 40.5 Å². The van der Waals surface area contributed by atoms with Crippen LogP contribution in [0.1, 0.15) is 21.6 Å². The average molecular weight is 454 g/mol. The molecule has 0 radical (unpaired) electrons. The van der Waals surface area contributed by atoms with Crippen molar-refractivity contribution < 1.29 is 22.7 Å². The highest BCUT2D eigenvalue weighted by molar-refractivity contribution is 7.13. The van der Waals surface area contributed by atoms with E-state index >= 15 is 0 Å². The summed E-state index contributed by atoms with van der Waals surface area (Å²) in [7, 11) is 0. The summed E-state index contributed by atoms with van der Waals surface area (Å²) in [6, 6.07) is 16.8. The molecule has 1 aromatic heterocycles. The zero-order chi connectivity index (χ0) is 22.5. The largest absolute Gasteiger partial charge is 0.489 e. The first-order valence-corrected chi connectivity index (χ1v) is 10.5. The molecule has 0 unspecified atom stereocenters. The quantitative estimate of drug-likeness (QED) is 0.388. The number of hydrogen-bond donors (Lipinski definition) is 1. The molecule has 0 fully saturated rings. The van der Waals surface area contributed by atoms with E-state index in [1.807, 2.05) is 30.3 Å². The van der Waals surface area contributed by atoms with E-state index in [1.165, 1.54) is 18.2 Å². The third-order valence-corrected chi connectivity index (χ3v) is 5.49. The van der Waals surface area contributed by atoms with E-state index in [2.05, 4.69) is 10.3 Å². The fourth-order valence-electron chi connectivity index (χ4n) is 2.93. The van der Waals surface area contributed by atoms with Gasteiger partial charge in [0.2, 0.25) is 0 Å². The lowest BCUT2D eigenvalue weighted by atomic mass is 10.2. The first-order valence-electron chi connectivity index (χ1n) is 9.64. The highest BCUT2D eigenvalue weighted by atomic mass is 32.1. The molecule has 8 heteroatoms. The van der Waals surface area contributed by atoms with E-state index in [1.54, 1.807) is 5.38 Å². The number of thiazole rings is 1. The zero-order valence-corrected chi connectivity index (χ0v) is 17.5.